The van der Waals surface area contributed by atoms with Gasteiger partial charge in [-0.3, -0.25) is 19.2 Å². The number of carbonyl (C=O) groups excluding carboxylic acids is 3. The summed E-state index contributed by atoms with van der Waals surface area (Å²) >= 11 is 0. The molecule has 0 radical (unpaired) electrons. The number of nitrogens with two attached hydrogens (primary N) is 1. The second-order valence-corrected chi connectivity index (χ2v) is 10.8. The topological polar surface area (TPSA) is 224 Å². The van der Waals surface area contributed by atoms with Crippen molar-refractivity contribution in [3.05, 3.63) is 65.9 Å². The molecule has 13 nitrogen and oxygen atoms in total. The molecule has 0 saturated heterocycles. The fourth-order valence-electron chi connectivity index (χ4n) is 4.61. The van der Waals surface area contributed by atoms with Crippen LogP contribution in [0.2, 0.25) is 0 Å². The minimum absolute atomic E-state index is 0.0278. The number of para-hydroxylation sites is 1. The number of aliphatic carboxylic acids is 2. The van der Waals surface area contributed by atoms with E-state index < -0.39 is 60.2 Å². The van der Waals surface area contributed by atoms with Crippen molar-refractivity contribution in [2.24, 2.45) is 11.7 Å². The summed E-state index contributed by atoms with van der Waals surface area (Å²) in [6.07, 6.45) is 1.02. The third-order valence-corrected chi connectivity index (χ3v) is 6.79. The van der Waals surface area contributed by atoms with Gasteiger partial charge in [0, 0.05) is 23.5 Å². The number of nitrogens with one attached hydrogen (secondary N) is 4. The van der Waals surface area contributed by atoms with Crippen LogP contribution in [0.1, 0.15) is 37.8 Å². The number of benzene rings is 2. The van der Waals surface area contributed by atoms with Crippen LogP contribution < -0.4 is 21.7 Å². The highest BCUT2D eigenvalue weighted by Crippen LogP contribution is 2.19. The molecule has 0 saturated carbocycles. The number of carboxylic acids is 2. The summed E-state index contributed by atoms with van der Waals surface area (Å²) in [5.74, 6) is -5.24. The molecular formula is C30H37N5O8. The Morgan fingerprint density at radius 1 is 0.814 bits per heavy atom. The summed E-state index contributed by atoms with van der Waals surface area (Å²) < 4.78 is 0. The Balaban J connectivity index is 1.83. The van der Waals surface area contributed by atoms with Crippen LogP contribution in [0.4, 0.5) is 0 Å². The van der Waals surface area contributed by atoms with Crippen LogP contribution in [0.25, 0.3) is 10.9 Å². The predicted molar refractivity (Wildman–Crippen MR) is 157 cm³/mol. The number of hydrogen-bond donors (Lipinski definition) is 8. The molecule has 3 rings (SSSR count). The van der Waals surface area contributed by atoms with Crippen LogP contribution in [0.15, 0.2) is 54.7 Å². The fraction of sp³-hybridized carbons (Fsp3) is 0.367. The third-order valence-electron chi connectivity index (χ3n) is 6.79. The van der Waals surface area contributed by atoms with Gasteiger partial charge in [0.1, 0.15) is 23.9 Å². The van der Waals surface area contributed by atoms with Crippen molar-refractivity contribution in [2.75, 3.05) is 0 Å². The van der Waals surface area contributed by atoms with Gasteiger partial charge in [0.25, 0.3) is 0 Å². The number of phenolic OH excluding ortho intramolecular Hbond substituents is 1. The molecular weight excluding hydrogens is 558 g/mol. The van der Waals surface area contributed by atoms with Gasteiger partial charge in [-0.25, -0.2) is 4.79 Å². The first-order valence-electron chi connectivity index (χ1n) is 13.8. The Labute approximate surface area is 247 Å². The van der Waals surface area contributed by atoms with Crippen LogP contribution in [-0.4, -0.2) is 74.1 Å². The number of carbonyl (C=O) groups is 5. The zero-order chi connectivity index (χ0) is 31.7. The Bertz CT molecular complexity index is 1450. The number of H-pyrrole nitrogens is 1. The standard InChI is InChI=1S/C30H37N5O8/c1-16(2)11-25(30(42)43)35-29(41)24(14-26(37)38)34-28(40)23(13-18-15-32-22-6-4-3-5-20(18)22)33-27(39)21(31)12-17-7-9-19(36)10-8-17/h3-10,15-16,21,23-25,32,36H,11-14,31H2,1-2H3,(H,33,39)(H,34,40)(H,35,41)(H,37,38)(H,42,43). The van der Waals surface area contributed by atoms with E-state index in [1.807, 2.05) is 24.3 Å². The lowest BCUT2D eigenvalue weighted by atomic mass is 10.0. The van der Waals surface area contributed by atoms with Crippen LogP contribution in [0, 0.1) is 5.92 Å². The number of aromatic nitrogens is 1. The SMILES string of the molecule is CC(C)CC(NC(=O)C(CC(=O)O)NC(=O)C(Cc1c[nH]c2ccccc12)NC(=O)C(N)Cc1ccc(O)cc1)C(=O)O. The molecule has 0 spiro atoms. The summed E-state index contributed by atoms with van der Waals surface area (Å²) in [6, 6.07) is 8.18. The number of phenols is 1. The highest BCUT2D eigenvalue weighted by Gasteiger charge is 2.32. The van der Waals surface area contributed by atoms with Crippen molar-refractivity contribution in [3.8, 4) is 5.75 Å². The second-order valence-electron chi connectivity index (χ2n) is 10.8. The highest BCUT2D eigenvalue weighted by molar-refractivity contribution is 5.96. The van der Waals surface area contributed by atoms with Crippen molar-refractivity contribution in [1.29, 1.82) is 0 Å². The summed E-state index contributed by atoms with van der Waals surface area (Å²) in [5.41, 5.74) is 8.26. The average molecular weight is 596 g/mol. The van der Waals surface area contributed by atoms with Gasteiger partial charge in [-0.05, 0) is 48.1 Å². The van der Waals surface area contributed by atoms with E-state index in [2.05, 4.69) is 20.9 Å². The molecule has 1 aromatic heterocycles. The van der Waals surface area contributed by atoms with Crippen molar-refractivity contribution in [1.82, 2.24) is 20.9 Å². The smallest absolute Gasteiger partial charge is 0.326 e. The van der Waals surface area contributed by atoms with Crippen molar-refractivity contribution in [3.63, 3.8) is 0 Å². The van der Waals surface area contributed by atoms with Crippen LogP contribution in [0.5, 0.6) is 5.75 Å². The molecule has 0 aliphatic heterocycles. The van der Waals surface area contributed by atoms with Gasteiger partial charge in [-0.2, -0.15) is 0 Å². The first-order chi connectivity index (χ1) is 20.3. The first-order valence-corrected chi connectivity index (χ1v) is 13.8. The summed E-state index contributed by atoms with van der Waals surface area (Å²) in [6.45, 7) is 3.53. The molecule has 3 aromatic rings. The zero-order valence-electron chi connectivity index (χ0n) is 23.9. The highest BCUT2D eigenvalue weighted by atomic mass is 16.4. The third kappa shape index (κ3) is 9.57. The molecule has 0 aliphatic carbocycles. The van der Waals surface area contributed by atoms with E-state index in [0.717, 1.165) is 10.9 Å². The molecule has 4 atom stereocenters. The number of hydrogen-bond acceptors (Lipinski definition) is 7. The van der Waals surface area contributed by atoms with Crippen LogP contribution in [0.3, 0.4) is 0 Å². The molecule has 230 valence electrons. The zero-order valence-corrected chi connectivity index (χ0v) is 23.9. The summed E-state index contributed by atoms with van der Waals surface area (Å²) in [5, 5.41) is 36.6. The Morgan fingerprint density at radius 3 is 2.05 bits per heavy atom. The second kappa shape index (κ2) is 14.8. The van der Waals surface area contributed by atoms with Gasteiger partial charge in [-0.1, -0.05) is 44.2 Å². The number of rotatable bonds is 15. The Kier molecular flexibility index (Phi) is 11.2. The number of aromatic amines is 1. The van der Waals surface area contributed by atoms with Gasteiger partial charge < -0.3 is 42.0 Å². The van der Waals surface area contributed by atoms with Crippen LogP contribution in [-0.2, 0) is 36.8 Å². The molecule has 43 heavy (non-hydrogen) atoms. The lowest BCUT2D eigenvalue weighted by Gasteiger charge is -2.25. The maximum Gasteiger partial charge on any atom is 0.326 e. The molecule has 2 aromatic carbocycles. The molecule has 3 amide bonds. The van der Waals surface area contributed by atoms with E-state index in [-0.39, 0.29) is 30.9 Å². The maximum absolute atomic E-state index is 13.6. The Hall–Kier alpha value is -4.91. The minimum Gasteiger partial charge on any atom is -0.508 e. The Morgan fingerprint density at radius 2 is 1.42 bits per heavy atom. The largest absolute Gasteiger partial charge is 0.508 e. The molecule has 0 fully saturated rings. The molecule has 0 bridgehead atoms. The van der Waals surface area contributed by atoms with E-state index in [0.29, 0.717) is 11.1 Å². The van der Waals surface area contributed by atoms with Gasteiger partial charge in [0.2, 0.25) is 17.7 Å². The average Bonchev–Trinajstić information content (AvgIpc) is 3.35. The molecule has 1 heterocycles. The predicted octanol–water partition coefficient (Wildman–Crippen LogP) is 1.05. The lowest BCUT2D eigenvalue weighted by Crippen LogP contribution is -2.58. The van der Waals surface area contributed by atoms with Crippen LogP contribution >= 0.6 is 0 Å². The van der Waals surface area contributed by atoms with Crippen molar-refractivity contribution < 1.29 is 39.3 Å². The monoisotopic (exact) mass is 595 g/mol. The lowest BCUT2D eigenvalue weighted by molar-refractivity contribution is -0.144. The maximum atomic E-state index is 13.6. The number of fused-ring (bicyclic) bond motifs is 1. The summed E-state index contributed by atoms with van der Waals surface area (Å²) in [7, 11) is 0. The van der Waals surface area contributed by atoms with E-state index in [9.17, 15) is 39.3 Å². The van der Waals surface area contributed by atoms with Gasteiger partial charge in [-0.15, -0.1) is 0 Å². The minimum atomic E-state index is -1.62. The number of aromatic hydroxyl groups is 1. The quantitative estimate of drug-likeness (QED) is 0.125. The fourth-order valence-corrected chi connectivity index (χ4v) is 4.61. The first kappa shape index (κ1) is 32.6. The van der Waals surface area contributed by atoms with E-state index in [4.69, 9.17) is 5.73 Å². The van der Waals surface area contributed by atoms with Gasteiger partial charge >= 0.3 is 11.9 Å². The van der Waals surface area contributed by atoms with E-state index in [1.54, 1.807) is 32.2 Å². The molecule has 0 aliphatic rings. The number of carboxylic acid groups (broad SMARTS) is 2. The summed E-state index contributed by atoms with van der Waals surface area (Å²) in [4.78, 5) is 66.0. The van der Waals surface area contributed by atoms with Gasteiger partial charge in [0.15, 0.2) is 0 Å². The molecule has 4 unspecified atom stereocenters. The molecule has 9 N–H and O–H groups in total. The van der Waals surface area contributed by atoms with E-state index >= 15 is 0 Å². The van der Waals surface area contributed by atoms with Gasteiger partial charge in [0.05, 0.1) is 12.5 Å². The number of amides is 3. The molecule has 13 heteroatoms. The van der Waals surface area contributed by atoms with Crippen molar-refractivity contribution >= 4 is 40.6 Å². The van der Waals surface area contributed by atoms with E-state index in [1.165, 1.54) is 12.1 Å². The van der Waals surface area contributed by atoms with Crippen molar-refractivity contribution in [2.45, 2.75) is 63.7 Å². The normalized spacial score (nSPS) is 14.0.